The van der Waals surface area contributed by atoms with Gasteiger partial charge in [0.1, 0.15) is 12.9 Å². The summed E-state index contributed by atoms with van der Waals surface area (Å²) in [4.78, 5) is 26.3. The van der Waals surface area contributed by atoms with Crippen LogP contribution < -0.4 is 0 Å². The van der Waals surface area contributed by atoms with Crippen LogP contribution in [0, 0.1) is 11.3 Å². The lowest BCUT2D eigenvalue weighted by atomic mass is 9.68. The van der Waals surface area contributed by atoms with E-state index in [9.17, 15) is 9.59 Å². The van der Waals surface area contributed by atoms with E-state index in [-0.39, 0.29) is 17.9 Å². The summed E-state index contributed by atoms with van der Waals surface area (Å²) in [6, 6.07) is 10.0. The van der Waals surface area contributed by atoms with E-state index in [4.69, 9.17) is 9.47 Å². The molecule has 26 heavy (non-hydrogen) atoms. The number of benzene rings is 1. The second kappa shape index (κ2) is 8.78. The van der Waals surface area contributed by atoms with Crippen LogP contribution in [0.25, 0.3) is 0 Å². The lowest BCUT2D eigenvalue weighted by Gasteiger charge is -2.46. The SMILES string of the molecule is COCC1CC(C=O)CCN1CC1(C(=O)OCc2ccccc2)CCC1. The van der Waals surface area contributed by atoms with Gasteiger partial charge < -0.3 is 14.3 Å². The quantitative estimate of drug-likeness (QED) is 0.528. The smallest absolute Gasteiger partial charge is 0.313 e. The highest BCUT2D eigenvalue weighted by atomic mass is 16.5. The van der Waals surface area contributed by atoms with Crippen molar-refractivity contribution in [2.45, 2.75) is 44.8 Å². The van der Waals surface area contributed by atoms with Gasteiger partial charge in [-0.3, -0.25) is 9.69 Å². The van der Waals surface area contributed by atoms with Gasteiger partial charge >= 0.3 is 5.97 Å². The molecule has 2 fully saturated rings. The van der Waals surface area contributed by atoms with Crippen molar-refractivity contribution >= 4 is 12.3 Å². The first-order valence-electron chi connectivity index (χ1n) is 9.56. The molecule has 2 unspecified atom stereocenters. The number of rotatable bonds is 8. The molecule has 0 amide bonds. The monoisotopic (exact) mass is 359 g/mol. The van der Waals surface area contributed by atoms with Gasteiger partial charge in [-0.05, 0) is 37.8 Å². The van der Waals surface area contributed by atoms with Crippen LogP contribution in [-0.2, 0) is 25.7 Å². The maximum absolute atomic E-state index is 12.8. The molecule has 1 saturated carbocycles. The predicted molar refractivity (Wildman–Crippen MR) is 98.5 cm³/mol. The average Bonchev–Trinajstić information content (AvgIpc) is 2.64. The van der Waals surface area contributed by atoms with Gasteiger partial charge in [-0.25, -0.2) is 0 Å². The number of likely N-dealkylation sites (tertiary alicyclic amines) is 1. The van der Waals surface area contributed by atoms with Crippen LogP contribution >= 0.6 is 0 Å². The number of esters is 1. The molecule has 2 aliphatic rings. The lowest BCUT2D eigenvalue weighted by molar-refractivity contribution is -0.166. The topological polar surface area (TPSA) is 55.8 Å². The third kappa shape index (κ3) is 4.33. The van der Waals surface area contributed by atoms with Crippen LogP contribution in [0.3, 0.4) is 0 Å². The normalized spacial score (nSPS) is 25.3. The zero-order valence-corrected chi connectivity index (χ0v) is 15.6. The summed E-state index contributed by atoms with van der Waals surface area (Å²) in [6.45, 7) is 2.47. The Kier molecular flexibility index (Phi) is 6.43. The zero-order chi connectivity index (χ0) is 18.4. The number of carbonyl (C=O) groups is 2. The Morgan fingerprint density at radius 2 is 2.08 bits per heavy atom. The van der Waals surface area contributed by atoms with E-state index in [1.165, 1.54) is 0 Å². The number of aldehydes is 1. The number of carbonyl (C=O) groups excluding carboxylic acids is 2. The summed E-state index contributed by atoms with van der Waals surface area (Å²) in [5, 5.41) is 0. The Balaban J connectivity index is 1.61. The molecule has 0 radical (unpaired) electrons. The van der Waals surface area contributed by atoms with Gasteiger partial charge in [0.25, 0.3) is 0 Å². The molecule has 1 aromatic rings. The number of methoxy groups -OCH3 is 1. The fourth-order valence-electron chi connectivity index (χ4n) is 4.12. The molecule has 1 aliphatic carbocycles. The van der Waals surface area contributed by atoms with Gasteiger partial charge in [0.15, 0.2) is 0 Å². The van der Waals surface area contributed by atoms with Gasteiger partial charge in [0.2, 0.25) is 0 Å². The molecule has 0 N–H and O–H groups in total. The standard InChI is InChI=1S/C21H29NO4/c1-25-15-19-12-18(13-23)8-11-22(19)16-21(9-5-10-21)20(24)26-14-17-6-3-2-4-7-17/h2-4,6-7,13,18-19H,5,8-12,14-16H2,1H3. The van der Waals surface area contributed by atoms with E-state index < -0.39 is 5.41 Å². The first-order chi connectivity index (χ1) is 12.7. The summed E-state index contributed by atoms with van der Waals surface area (Å²) < 4.78 is 11.0. The Morgan fingerprint density at radius 1 is 1.31 bits per heavy atom. The maximum Gasteiger partial charge on any atom is 0.313 e. The van der Waals surface area contributed by atoms with Crippen molar-refractivity contribution in [3.63, 3.8) is 0 Å². The summed E-state index contributed by atoms with van der Waals surface area (Å²) in [7, 11) is 1.69. The third-order valence-electron chi connectivity index (χ3n) is 5.89. The predicted octanol–water partition coefficient (Wildman–Crippen LogP) is 2.83. The van der Waals surface area contributed by atoms with Crippen LogP contribution in [0.15, 0.2) is 30.3 Å². The second-order valence-corrected chi connectivity index (χ2v) is 7.70. The molecule has 2 atom stereocenters. The average molecular weight is 359 g/mol. The van der Waals surface area contributed by atoms with E-state index in [2.05, 4.69) is 4.90 Å². The van der Waals surface area contributed by atoms with Crippen molar-refractivity contribution in [3.05, 3.63) is 35.9 Å². The van der Waals surface area contributed by atoms with Crippen molar-refractivity contribution in [1.82, 2.24) is 4.90 Å². The first-order valence-corrected chi connectivity index (χ1v) is 9.56. The van der Waals surface area contributed by atoms with Crippen molar-refractivity contribution < 1.29 is 19.1 Å². The molecular formula is C21H29NO4. The Bertz CT molecular complexity index is 599. The molecule has 0 bridgehead atoms. The first kappa shape index (κ1) is 19.1. The molecule has 0 spiro atoms. The Morgan fingerprint density at radius 3 is 2.69 bits per heavy atom. The van der Waals surface area contributed by atoms with Gasteiger partial charge in [-0.2, -0.15) is 0 Å². The number of piperidine rings is 1. The summed E-state index contributed by atoms with van der Waals surface area (Å²) in [5.74, 6) is 0.0232. The number of ether oxygens (including phenoxy) is 2. The highest BCUT2D eigenvalue weighted by molar-refractivity contribution is 5.78. The van der Waals surface area contributed by atoms with Crippen LogP contribution in [0.1, 0.15) is 37.7 Å². The molecular weight excluding hydrogens is 330 g/mol. The minimum Gasteiger partial charge on any atom is -0.460 e. The highest BCUT2D eigenvalue weighted by Crippen LogP contribution is 2.44. The van der Waals surface area contributed by atoms with Crippen LogP contribution in [0.5, 0.6) is 0 Å². The van der Waals surface area contributed by atoms with Crippen LogP contribution in [0.4, 0.5) is 0 Å². The fourth-order valence-corrected chi connectivity index (χ4v) is 4.12. The lowest BCUT2D eigenvalue weighted by Crippen LogP contribution is -2.54. The third-order valence-corrected chi connectivity index (χ3v) is 5.89. The largest absolute Gasteiger partial charge is 0.460 e. The second-order valence-electron chi connectivity index (χ2n) is 7.70. The maximum atomic E-state index is 12.8. The highest BCUT2D eigenvalue weighted by Gasteiger charge is 2.48. The van der Waals surface area contributed by atoms with Gasteiger partial charge in [0, 0.05) is 25.6 Å². The van der Waals surface area contributed by atoms with Crippen LogP contribution in [-0.4, -0.2) is 50.0 Å². The van der Waals surface area contributed by atoms with E-state index in [1.54, 1.807) is 7.11 Å². The van der Waals surface area contributed by atoms with Gasteiger partial charge in [0.05, 0.1) is 12.0 Å². The van der Waals surface area contributed by atoms with Gasteiger partial charge in [-0.15, -0.1) is 0 Å². The minimum atomic E-state index is -0.394. The van der Waals surface area contributed by atoms with Crippen molar-refractivity contribution in [1.29, 1.82) is 0 Å². The Labute approximate surface area is 155 Å². The Hall–Kier alpha value is -1.72. The van der Waals surface area contributed by atoms with E-state index in [0.29, 0.717) is 19.8 Å². The van der Waals surface area contributed by atoms with Crippen LogP contribution in [0.2, 0.25) is 0 Å². The molecule has 5 heteroatoms. The number of hydrogen-bond acceptors (Lipinski definition) is 5. The van der Waals surface area contributed by atoms with Gasteiger partial charge in [-0.1, -0.05) is 36.8 Å². The molecule has 1 saturated heterocycles. The van der Waals surface area contributed by atoms with Crippen molar-refractivity contribution in [2.24, 2.45) is 11.3 Å². The van der Waals surface area contributed by atoms with Crippen molar-refractivity contribution in [3.8, 4) is 0 Å². The van der Waals surface area contributed by atoms with E-state index in [0.717, 1.165) is 50.5 Å². The van der Waals surface area contributed by atoms with Crippen molar-refractivity contribution in [2.75, 3.05) is 26.8 Å². The molecule has 1 aliphatic heterocycles. The summed E-state index contributed by atoms with van der Waals surface area (Å²) in [6.07, 6.45) is 5.57. The summed E-state index contributed by atoms with van der Waals surface area (Å²) >= 11 is 0. The zero-order valence-electron chi connectivity index (χ0n) is 15.6. The molecule has 5 nitrogen and oxygen atoms in total. The number of hydrogen-bond donors (Lipinski definition) is 0. The number of nitrogens with zero attached hydrogens (tertiary/aromatic N) is 1. The molecule has 1 aromatic carbocycles. The van der Waals surface area contributed by atoms with E-state index >= 15 is 0 Å². The molecule has 3 rings (SSSR count). The molecule has 142 valence electrons. The summed E-state index contributed by atoms with van der Waals surface area (Å²) in [5.41, 5.74) is 0.619. The minimum absolute atomic E-state index is 0.0821. The van der Waals surface area contributed by atoms with E-state index in [1.807, 2.05) is 30.3 Å². The molecule has 0 aromatic heterocycles. The fraction of sp³-hybridized carbons (Fsp3) is 0.619. The molecule has 1 heterocycles.